The molecule has 1 aliphatic rings. The first-order valence-electron chi connectivity index (χ1n) is 6.89. The molecule has 106 valence electrons. The molecule has 2 unspecified atom stereocenters. The molecule has 0 radical (unpaired) electrons. The first kappa shape index (κ1) is 15.4. The largest absolute Gasteiger partial charge is 0.395 e. The second kappa shape index (κ2) is 7.71. The van der Waals surface area contributed by atoms with Gasteiger partial charge >= 0.3 is 0 Å². The third-order valence-corrected chi connectivity index (χ3v) is 3.59. The molecule has 1 heterocycles. The minimum absolute atomic E-state index is 0.0774. The summed E-state index contributed by atoms with van der Waals surface area (Å²) in [7, 11) is 0. The van der Waals surface area contributed by atoms with Crippen molar-refractivity contribution in [1.82, 2.24) is 9.80 Å². The van der Waals surface area contributed by atoms with Crippen LogP contribution in [0.2, 0.25) is 0 Å². The molecule has 0 saturated carbocycles. The average Bonchev–Trinajstić information content (AvgIpc) is 2.40. The Morgan fingerprint density at radius 3 is 2.33 bits per heavy atom. The van der Waals surface area contributed by atoms with Crippen LogP contribution in [-0.4, -0.2) is 72.4 Å². The highest BCUT2D eigenvalue weighted by Crippen LogP contribution is 2.10. The van der Waals surface area contributed by atoms with Crippen LogP contribution in [0.5, 0.6) is 0 Å². The van der Waals surface area contributed by atoms with Crippen LogP contribution in [0.15, 0.2) is 0 Å². The Kier molecular flexibility index (Phi) is 6.60. The fourth-order valence-corrected chi connectivity index (χ4v) is 2.39. The van der Waals surface area contributed by atoms with Gasteiger partial charge in [-0.05, 0) is 20.3 Å². The average molecular weight is 258 g/mol. The van der Waals surface area contributed by atoms with E-state index in [0.29, 0.717) is 6.61 Å². The van der Waals surface area contributed by atoms with Gasteiger partial charge in [0.15, 0.2) is 0 Å². The number of aliphatic hydroxyl groups is 1. The summed E-state index contributed by atoms with van der Waals surface area (Å²) in [5, 5.41) is 9.27. The summed E-state index contributed by atoms with van der Waals surface area (Å²) in [4.78, 5) is 16.2. The molecule has 0 aliphatic carbocycles. The number of hydrogen-bond donors (Lipinski definition) is 1. The van der Waals surface area contributed by atoms with E-state index in [4.69, 9.17) is 4.74 Å². The molecule has 0 bridgehead atoms. The first-order chi connectivity index (χ1) is 8.63. The molecule has 5 nitrogen and oxygen atoms in total. The van der Waals surface area contributed by atoms with Gasteiger partial charge in [0, 0.05) is 38.8 Å². The van der Waals surface area contributed by atoms with Crippen LogP contribution >= 0.6 is 0 Å². The van der Waals surface area contributed by atoms with Crippen molar-refractivity contribution >= 4 is 5.91 Å². The van der Waals surface area contributed by atoms with Gasteiger partial charge in [-0.2, -0.15) is 0 Å². The van der Waals surface area contributed by atoms with E-state index in [9.17, 15) is 9.90 Å². The second-order valence-corrected chi connectivity index (χ2v) is 4.70. The van der Waals surface area contributed by atoms with E-state index < -0.39 is 0 Å². The standard InChI is InChI=1S/C13H26N2O3/c1-4-12(10-16)14-6-8-15(9-7-14)13(17)11(3)18-5-2/h11-12,16H,4-10H2,1-3H3. The van der Waals surface area contributed by atoms with Gasteiger partial charge in [0.2, 0.25) is 0 Å². The highest BCUT2D eigenvalue weighted by atomic mass is 16.5. The molecule has 0 aromatic rings. The van der Waals surface area contributed by atoms with E-state index in [2.05, 4.69) is 11.8 Å². The summed E-state index contributed by atoms with van der Waals surface area (Å²) in [6.07, 6.45) is 0.598. The summed E-state index contributed by atoms with van der Waals surface area (Å²) in [5.41, 5.74) is 0. The fourth-order valence-electron chi connectivity index (χ4n) is 2.39. The van der Waals surface area contributed by atoms with Crippen LogP contribution in [0.3, 0.4) is 0 Å². The maximum absolute atomic E-state index is 12.0. The van der Waals surface area contributed by atoms with Crippen LogP contribution < -0.4 is 0 Å². The van der Waals surface area contributed by atoms with Crippen LogP contribution in [0.1, 0.15) is 27.2 Å². The molecule has 5 heteroatoms. The van der Waals surface area contributed by atoms with Crippen LogP contribution in [0.25, 0.3) is 0 Å². The third kappa shape index (κ3) is 3.93. The lowest BCUT2D eigenvalue weighted by molar-refractivity contribution is -0.144. The number of nitrogens with zero attached hydrogens (tertiary/aromatic N) is 2. The summed E-state index contributed by atoms with van der Waals surface area (Å²) in [5.74, 6) is 0.0774. The van der Waals surface area contributed by atoms with Gasteiger partial charge in [-0.25, -0.2) is 0 Å². The van der Waals surface area contributed by atoms with Gasteiger partial charge in [0.1, 0.15) is 6.10 Å². The number of hydrogen-bond acceptors (Lipinski definition) is 4. The summed E-state index contributed by atoms with van der Waals surface area (Å²) in [6, 6.07) is 0.228. The zero-order chi connectivity index (χ0) is 13.5. The van der Waals surface area contributed by atoms with Crippen molar-refractivity contribution in [3.8, 4) is 0 Å². The summed E-state index contributed by atoms with van der Waals surface area (Å²) >= 11 is 0. The second-order valence-electron chi connectivity index (χ2n) is 4.70. The van der Waals surface area contributed by atoms with Crippen molar-refractivity contribution in [3.63, 3.8) is 0 Å². The Hall–Kier alpha value is -0.650. The molecule has 2 atom stereocenters. The van der Waals surface area contributed by atoms with Gasteiger partial charge < -0.3 is 14.7 Å². The van der Waals surface area contributed by atoms with Crippen molar-refractivity contribution in [2.24, 2.45) is 0 Å². The molecule has 1 saturated heterocycles. The van der Waals surface area contributed by atoms with Crippen molar-refractivity contribution in [1.29, 1.82) is 0 Å². The lowest BCUT2D eigenvalue weighted by Crippen LogP contribution is -2.54. The third-order valence-electron chi connectivity index (χ3n) is 3.59. The SMILES string of the molecule is CCOC(C)C(=O)N1CCN(C(CC)CO)CC1. The number of piperazine rings is 1. The lowest BCUT2D eigenvalue weighted by Gasteiger charge is -2.39. The molecule has 1 N–H and O–H groups in total. The molecule has 18 heavy (non-hydrogen) atoms. The number of ether oxygens (including phenoxy) is 1. The van der Waals surface area contributed by atoms with E-state index in [1.807, 2.05) is 11.8 Å². The number of carbonyl (C=O) groups is 1. The van der Waals surface area contributed by atoms with E-state index >= 15 is 0 Å². The van der Waals surface area contributed by atoms with Crippen LogP contribution in [-0.2, 0) is 9.53 Å². The van der Waals surface area contributed by atoms with Gasteiger partial charge in [0.05, 0.1) is 6.61 Å². The van der Waals surface area contributed by atoms with Gasteiger partial charge in [-0.1, -0.05) is 6.92 Å². The monoisotopic (exact) mass is 258 g/mol. The van der Waals surface area contributed by atoms with Crippen molar-refractivity contribution in [2.45, 2.75) is 39.3 Å². The maximum Gasteiger partial charge on any atom is 0.251 e. The van der Waals surface area contributed by atoms with Gasteiger partial charge in [0.25, 0.3) is 5.91 Å². The van der Waals surface area contributed by atoms with Crippen molar-refractivity contribution in [3.05, 3.63) is 0 Å². The van der Waals surface area contributed by atoms with E-state index in [-0.39, 0.29) is 24.7 Å². The van der Waals surface area contributed by atoms with Crippen LogP contribution in [0.4, 0.5) is 0 Å². The number of rotatable bonds is 6. The normalized spacial score (nSPS) is 20.8. The zero-order valence-corrected chi connectivity index (χ0v) is 11.8. The lowest BCUT2D eigenvalue weighted by atomic mass is 10.1. The summed E-state index contributed by atoms with van der Waals surface area (Å²) < 4.78 is 5.33. The van der Waals surface area contributed by atoms with Gasteiger partial charge in [-0.15, -0.1) is 0 Å². The smallest absolute Gasteiger partial charge is 0.251 e. The molecular formula is C13H26N2O3. The Bertz CT molecular complexity index is 249. The topological polar surface area (TPSA) is 53.0 Å². The highest BCUT2D eigenvalue weighted by molar-refractivity contribution is 5.80. The minimum atomic E-state index is -0.346. The maximum atomic E-state index is 12.0. The number of amides is 1. The van der Waals surface area contributed by atoms with E-state index in [0.717, 1.165) is 32.6 Å². The minimum Gasteiger partial charge on any atom is -0.395 e. The van der Waals surface area contributed by atoms with E-state index in [1.54, 1.807) is 6.92 Å². The quantitative estimate of drug-likeness (QED) is 0.746. The Labute approximate surface area is 110 Å². The molecule has 0 aromatic carbocycles. The van der Waals surface area contributed by atoms with E-state index in [1.165, 1.54) is 0 Å². The van der Waals surface area contributed by atoms with Crippen LogP contribution in [0, 0.1) is 0 Å². The number of aliphatic hydroxyl groups excluding tert-OH is 1. The van der Waals surface area contributed by atoms with Crippen molar-refractivity contribution < 1.29 is 14.6 Å². The molecule has 1 rings (SSSR count). The predicted molar refractivity (Wildman–Crippen MR) is 70.4 cm³/mol. The van der Waals surface area contributed by atoms with Crippen molar-refractivity contribution in [2.75, 3.05) is 39.4 Å². The fraction of sp³-hybridized carbons (Fsp3) is 0.923. The highest BCUT2D eigenvalue weighted by Gasteiger charge is 2.27. The first-order valence-corrected chi connectivity index (χ1v) is 6.89. The zero-order valence-electron chi connectivity index (χ0n) is 11.8. The number of carbonyl (C=O) groups excluding carboxylic acids is 1. The molecule has 0 aromatic heterocycles. The molecule has 1 fully saturated rings. The Balaban J connectivity index is 2.41. The Morgan fingerprint density at radius 1 is 1.28 bits per heavy atom. The summed E-state index contributed by atoms with van der Waals surface area (Å²) in [6.45, 7) is 9.67. The predicted octanol–water partition coefficient (Wildman–Crippen LogP) is 0.327. The van der Waals surface area contributed by atoms with Gasteiger partial charge in [-0.3, -0.25) is 9.69 Å². The molecular weight excluding hydrogens is 232 g/mol. The Morgan fingerprint density at radius 2 is 1.89 bits per heavy atom. The molecule has 0 spiro atoms. The molecule has 1 aliphatic heterocycles. The molecule has 1 amide bonds.